The zero-order valence-corrected chi connectivity index (χ0v) is 15.3. The van der Waals surface area contributed by atoms with Gasteiger partial charge >= 0.3 is 12.0 Å². The summed E-state index contributed by atoms with van der Waals surface area (Å²) in [4.78, 5) is 36.3. The van der Waals surface area contributed by atoms with Gasteiger partial charge in [-0.05, 0) is 51.0 Å². The minimum Gasteiger partial charge on any atom is -0.449 e. The van der Waals surface area contributed by atoms with Gasteiger partial charge in [-0.15, -0.1) is 0 Å². The molecule has 0 aliphatic rings. The monoisotopic (exact) mass is 354 g/mol. The van der Waals surface area contributed by atoms with Gasteiger partial charge in [-0.2, -0.15) is 0 Å². The highest BCUT2D eigenvalue weighted by Crippen LogP contribution is 2.18. The average Bonchev–Trinajstić information content (AvgIpc) is 2.54. The first-order valence-corrected chi connectivity index (χ1v) is 8.23. The fourth-order valence-electron chi connectivity index (χ4n) is 2.67. The van der Waals surface area contributed by atoms with Gasteiger partial charge in [0.2, 0.25) is 0 Å². The maximum absolute atomic E-state index is 12.4. The van der Waals surface area contributed by atoms with Crippen LogP contribution in [0.5, 0.6) is 0 Å². The molecule has 0 aliphatic carbocycles. The molecular formula is C20H22N2O4. The minimum absolute atomic E-state index is 0.434. The molecule has 0 fully saturated rings. The Bertz CT molecular complexity index is 808. The molecule has 0 radical (unpaired) electrons. The Balaban J connectivity index is 1.96. The number of carbonyl (C=O) groups excluding carboxylic acids is 3. The number of ether oxygens (including phenoxy) is 1. The smallest absolute Gasteiger partial charge is 0.339 e. The lowest BCUT2D eigenvalue weighted by molar-refractivity contribution is -0.127. The van der Waals surface area contributed by atoms with E-state index in [0.717, 1.165) is 16.7 Å². The molecule has 0 aliphatic heterocycles. The summed E-state index contributed by atoms with van der Waals surface area (Å²) in [6, 6.07) is 11.8. The summed E-state index contributed by atoms with van der Waals surface area (Å²) in [6.07, 6.45) is -1.11. The van der Waals surface area contributed by atoms with Crippen LogP contribution in [0.2, 0.25) is 0 Å². The number of hydrogen-bond acceptors (Lipinski definition) is 4. The van der Waals surface area contributed by atoms with E-state index in [9.17, 15) is 14.4 Å². The van der Waals surface area contributed by atoms with Crippen LogP contribution in [0.1, 0.15) is 34.0 Å². The standard InChI is InChI=1S/C20H22N2O4/c1-12-10-13(2)17(14(3)11-12)19(24)26-15(4)18(23)22-20(25)21-16-8-6-5-7-9-16/h5-11,15H,1-4H3,(H2,21,22,23,25). The molecule has 0 saturated carbocycles. The van der Waals surface area contributed by atoms with Crippen molar-refractivity contribution in [2.24, 2.45) is 0 Å². The lowest BCUT2D eigenvalue weighted by Crippen LogP contribution is -2.41. The second-order valence-corrected chi connectivity index (χ2v) is 6.13. The summed E-state index contributed by atoms with van der Waals surface area (Å²) in [5.74, 6) is -1.29. The number of nitrogens with one attached hydrogen (secondary N) is 2. The second-order valence-electron chi connectivity index (χ2n) is 6.13. The maximum atomic E-state index is 12.4. The molecule has 6 heteroatoms. The van der Waals surface area contributed by atoms with Crippen molar-refractivity contribution >= 4 is 23.6 Å². The highest BCUT2D eigenvalue weighted by atomic mass is 16.5. The Labute approximate surface area is 152 Å². The summed E-state index contributed by atoms with van der Waals surface area (Å²) in [6.45, 7) is 6.99. The normalized spacial score (nSPS) is 11.4. The van der Waals surface area contributed by atoms with Crippen molar-refractivity contribution in [3.8, 4) is 0 Å². The van der Waals surface area contributed by atoms with Gasteiger partial charge in [-0.1, -0.05) is 35.9 Å². The molecule has 1 unspecified atom stereocenters. The van der Waals surface area contributed by atoms with Crippen molar-refractivity contribution in [3.63, 3.8) is 0 Å². The molecule has 2 rings (SSSR count). The molecule has 2 aromatic rings. The van der Waals surface area contributed by atoms with Crippen molar-refractivity contribution in [1.82, 2.24) is 5.32 Å². The van der Waals surface area contributed by atoms with Gasteiger partial charge in [0.1, 0.15) is 0 Å². The first-order valence-electron chi connectivity index (χ1n) is 8.23. The van der Waals surface area contributed by atoms with Crippen molar-refractivity contribution < 1.29 is 19.1 Å². The van der Waals surface area contributed by atoms with Crippen LogP contribution >= 0.6 is 0 Å². The van der Waals surface area contributed by atoms with Crippen LogP contribution in [0.3, 0.4) is 0 Å². The summed E-state index contributed by atoms with van der Waals surface area (Å²) in [5.41, 5.74) is 3.58. The number of aryl methyl sites for hydroxylation is 3. The average molecular weight is 354 g/mol. The van der Waals surface area contributed by atoms with E-state index in [4.69, 9.17) is 4.74 Å². The zero-order chi connectivity index (χ0) is 19.3. The van der Waals surface area contributed by atoms with Crippen molar-refractivity contribution in [2.45, 2.75) is 33.8 Å². The van der Waals surface area contributed by atoms with Gasteiger partial charge in [-0.3, -0.25) is 10.1 Å². The quantitative estimate of drug-likeness (QED) is 0.823. The Morgan fingerprint density at radius 1 is 0.962 bits per heavy atom. The van der Waals surface area contributed by atoms with Crippen molar-refractivity contribution in [2.75, 3.05) is 5.32 Å². The van der Waals surface area contributed by atoms with E-state index in [1.165, 1.54) is 6.92 Å². The van der Waals surface area contributed by atoms with Crippen LogP contribution in [0.25, 0.3) is 0 Å². The molecule has 3 amide bonds. The highest BCUT2D eigenvalue weighted by molar-refractivity contribution is 6.03. The molecular weight excluding hydrogens is 332 g/mol. The third-order valence-electron chi connectivity index (χ3n) is 3.80. The van der Waals surface area contributed by atoms with Gasteiger partial charge in [0.25, 0.3) is 5.91 Å². The van der Waals surface area contributed by atoms with Crippen LogP contribution in [0, 0.1) is 20.8 Å². The predicted octanol–water partition coefficient (Wildman–Crippen LogP) is 3.51. The number of hydrogen-bond donors (Lipinski definition) is 2. The third-order valence-corrected chi connectivity index (χ3v) is 3.80. The van der Waals surface area contributed by atoms with E-state index < -0.39 is 24.0 Å². The first kappa shape index (κ1) is 19.2. The van der Waals surface area contributed by atoms with Crippen LogP contribution in [-0.4, -0.2) is 24.0 Å². The lowest BCUT2D eigenvalue weighted by atomic mass is 10.00. The molecule has 2 aromatic carbocycles. The Morgan fingerprint density at radius 3 is 2.12 bits per heavy atom. The molecule has 0 spiro atoms. The summed E-state index contributed by atoms with van der Waals surface area (Å²) in [7, 11) is 0. The van der Waals surface area contributed by atoms with Gasteiger partial charge in [0.15, 0.2) is 6.10 Å². The summed E-state index contributed by atoms with van der Waals surface area (Å²) in [5, 5.41) is 4.68. The number of urea groups is 1. The number of benzene rings is 2. The molecule has 2 N–H and O–H groups in total. The predicted molar refractivity (Wildman–Crippen MR) is 99.1 cm³/mol. The molecule has 0 heterocycles. The van der Waals surface area contributed by atoms with Gasteiger partial charge in [0.05, 0.1) is 5.56 Å². The first-order chi connectivity index (χ1) is 12.3. The fourth-order valence-corrected chi connectivity index (χ4v) is 2.67. The highest BCUT2D eigenvalue weighted by Gasteiger charge is 2.23. The lowest BCUT2D eigenvalue weighted by Gasteiger charge is -2.16. The molecule has 0 bridgehead atoms. The van der Waals surface area contributed by atoms with E-state index in [-0.39, 0.29) is 0 Å². The maximum Gasteiger partial charge on any atom is 0.339 e. The molecule has 136 valence electrons. The van der Waals surface area contributed by atoms with Crippen LogP contribution < -0.4 is 10.6 Å². The van der Waals surface area contributed by atoms with Crippen LogP contribution in [0.4, 0.5) is 10.5 Å². The number of amides is 3. The third kappa shape index (κ3) is 4.92. The number of para-hydroxylation sites is 1. The van der Waals surface area contributed by atoms with Crippen LogP contribution in [-0.2, 0) is 9.53 Å². The van der Waals surface area contributed by atoms with Gasteiger partial charge < -0.3 is 10.1 Å². The summed E-state index contributed by atoms with van der Waals surface area (Å²) < 4.78 is 5.22. The van der Waals surface area contributed by atoms with Crippen molar-refractivity contribution in [1.29, 1.82) is 0 Å². The van der Waals surface area contributed by atoms with E-state index >= 15 is 0 Å². The number of anilines is 1. The Kier molecular flexibility index (Phi) is 6.11. The molecule has 26 heavy (non-hydrogen) atoms. The number of esters is 1. The second kappa shape index (κ2) is 8.29. The van der Waals surface area contributed by atoms with E-state index in [1.54, 1.807) is 24.3 Å². The van der Waals surface area contributed by atoms with Gasteiger partial charge in [0, 0.05) is 5.69 Å². The van der Waals surface area contributed by atoms with E-state index in [2.05, 4.69) is 10.6 Å². The van der Waals surface area contributed by atoms with Crippen molar-refractivity contribution in [3.05, 3.63) is 64.7 Å². The Hall–Kier alpha value is -3.15. The zero-order valence-electron chi connectivity index (χ0n) is 15.3. The number of imide groups is 1. The molecule has 6 nitrogen and oxygen atoms in total. The molecule has 1 atom stereocenters. The van der Waals surface area contributed by atoms with E-state index in [1.807, 2.05) is 39.0 Å². The Morgan fingerprint density at radius 2 is 1.54 bits per heavy atom. The SMILES string of the molecule is Cc1cc(C)c(C(=O)OC(C)C(=O)NC(=O)Nc2ccccc2)c(C)c1. The van der Waals surface area contributed by atoms with Gasteiger partial charge in [-0.25, -0.2) is 9.59 Å². The van der Waals surface area contributed by atoms with E-state index in [0.29, 0.717) is 11.3 Å². The summed E-state index contributed by atoms with van der Waals surface area (Å²) >= 11 is 0. The number of rotatable bonds is 4. The fraction of sp³-hybridized carbons (Fsp3) is 0.250. The topological polar surface area (TPSA) is 84.5 Å². The number of carbonyl (C=O) groups is 3. The molecule has 0 aromatic heterocycles. The minimum atomic E-state index is -1.11. The van der Waals surface area contributed by atoms with Crippen LogP contribution in [0.15, 0.2) is 42.5 Å². The molecule has 0 saturated heterocycles. The largest absolute Gasteiger partial charge is 0.449 e.